The van der Waals surface area contributed by atoms with Crippen LogP contribution in [-0.2, 0) is 27.4 Å². The first-order chi connectivity index (χ1) is 16.6. The maximum atomic E-state index is 13.4. The predicted molar refractivity (Wildman–Crippen MR) is 132 cm³/mol. The molecule has 0 bridgehead atoms. The zero-order chi connectivity index (χ0) is 25.0. The van der Waals surface area contributed by atoms with Crippen molar-refractivity contribution >= 4 is 16.6 Å². The second-order valence-electron chi connectivity index (χ2n) is 9.09. The zero-order valence-electron chi connectivity index (χ0n) is 20.2. The zero-order valence-corrected chi connectivity index (χ0v) is 21.0. The van der Waals surface area contributed by atoms with E-state index < -0.39 is 22.5 Å². The van der Waals surface area contributed by atoms with Crippen LogP contribution in [0.15, 0.2) is 53.4 Å². The fourth-order valence-electron chi connectivity index (χ4n) is 4.58. The van der Waals surface area contributed by atoms with Crippen LogP contribution in [0.25, 0.3) is 11.3 Å². The number of halogens is 2. The molecule has 1 atom stereocenters. The number of nitrogens with zero attached hydrogens (tertiary/aromatic N) is 1. The Kier molecular flexibility index (Phi) is 6.74. The Morgan fingerprint density at radius 1 is 1.00 bits per heavy atom. The van der Waals surface area contributed by atoms with Gasteiger partial charge in [0.05, 0.1) is 21.9 Å². The first-order valence-electron chi connectivity index (χ1n) is 11.5. The number of carbonyl (C=O) groups is 1. The van der Waals surface area contributed by atoms with Crippen molar-refractivity contribution in [2.24, 2.45) is 0 Å². The van der Waals surface area contributed by atoms with Crippen LogP contribution in [0.2, 0.25) is 0 Å². The average molecular weight is 516 g/mol. The fraction of sp³-hybridized carbons (Fsp3) is 0.333. The number of benzene rings is 2. The maximum Gasteiger partial charge on any atom is 0.586 e. The van der Waals surface area contributed by atoms with Crippen LogP contribution in [0.4, 0.5) is 8.78 Å². The molecule has 1 aliphatic carbocycles. The maximum absolute atomic E-state index is 13.4. The smallest absolute Gasteiger partial charge is 0.412 e. The van der Waals surface area contributed by atoms with Crippen LogP contribution < -0.4 is 9.47 Å². The highest BCUT2D eigenvalue weighted by atomic mass is 32.2. The standard InChI is InChI=1S/C27H25F2NO4S.H2O/c1-4-35(32)20-8-9-21(17(3)13-20)25-16(2)5-7-19(30-25)15-24(31)26(11-12-26)18-6-10-22-23(14-18)34-27(28,29)33-22;/h5-10,13-14H,4,11-12,15H2,1-3H3;1H2. The Balaban J connectivity index is 0.00000304. The summed E-state index contributed by atoms with van der Waals surface area (Å²) in [5.41, 5.74) is 4.26. The number of rotatable bonds is 7. The molecule has 1 aliphatic heterocycles. The first kappa shape index (κ1) is 25.9. The molecule has 0 amide bonds. The lowest BCUT2D eigenvalue weighted by molar-refractivity contribution is -0.286. The summed E-state index contributed by atoms with van der Waals surface area (Å²) in [5.74, 6) is 0.471. The number of alkyl halides is 2. The summed E-state index contributed by atoms with van der Waals surface area (Å²) in [6.45, 7) is 5.82. The quantitative estimate of drug-likeness (QED) is 0.449. The van der Waals surface area contributed by atoms with Crippen LogP contribution in [0.1, 0.15) is 42.1 Å². The van der Waals surface area contributed by atoms with Crippen molar-refractivity contribution in [2.45, 2.75) is 56.6 Å². The SMILES string of the molecule is CCS(=O)c1ccc(-c2nc(CC(=O)C3(c4ccc5c(c4)OC(F)(F)O5)CC3)ccc2C)c(C)c1.O. The van der Waals surface area contributed by atoms with E-state index in [0.29, 0.717) is 29.9 Å². The molecule has 6 nitrogen and oxygen atoms in total. The van der Waals surface area contributed by atoms with Gasteiger partial charge in [0.15, 0.2) is 11.5 Å². The van der Waals surface area contributed by atoms with E-state index in [9.17, 15) is 17.8 Å². The number of ketones is 1. The number of ether oxygens (including phenoxy) is 2. The van der Waals surface area contributed by atoms with Gasteiger partial charge in [0.2, 0.25) is 0 Å². The van der Waals surface area contributed by atoms with Gasteiger partial charge in [-0.1, -0.05) is 25.1 Å². The van der Waals surface area contributed by atoms with Crippen molar-refractivity contribution in [3.05, 3.63) is 70.9 Å². The highest BCUT2D eigenvalue weighted by Crippen LogP contribution is 2.52. The minimum absolute atomic E-state index is 0. The number of aromatic nitrogens is 1. The normalized spacial score (nSPS) is 17.2. The summed E-state index contributed by atoms with van der Waals surface area (Å²) >= 11 is 0. The minimum atomic E-state index is -3.69. The summed E-state index contributed by atoms with van der Waals surface area (Å²) in [7, 11) is -1.03. The summed E-state index contributed by atoms with van der Waals surface area (Å²) in [4.78, 5) is 19.0. The fourth-order valence-corrected chi connectivity index (χ4v) is 5.45. The van der Waals surface area contributed by atoms with Gasteiger partial charge in [0, 0.05) is 28.3 Å². The Bertz CT molecular complexity index is 1370. The van der Waals surface area contributed by atoms with Crippen molar-refractivity contribution < 1.29 is 32.7 Å². The molecule has 2 aromatic carbocycles. The number of aryl methyl sites for hydroxylation is 2. The van der Waals surface area contributed by atoms with Crippen LogP contribution in [0, 0.1) is 13.8 Å². The number of pyridine rings is 1. The summed E-state index contributed by atoms with van der Waals surface area (Å²) < 4.78 is 48.0. The Hall–Kier alpha value is -3.17. The molecule has 5 rings (SSSR count). The molecule has 1 aromatic heterocycles. The number of hydrogen-bond donors (Lipinski definition) is 0. The predicted octanol–water partition coefficient (Wildman–Crippen LogP) is 4.83. The van der Waals surface area contributed by atoms with E-state index in [0.717, 1.165) is 27.3 Å². The van der Waals surface area contributed by atoms with E-state index in [-0.39, 0.29) is 29.2 Å². The van der Waals surface area contributed by atoms with Gasteiger partial charge in [-0.3, -0.25) is 14.0 Å². The van der Waals surface area contributed by atoms with Gasteiger partial charge in [0.25, 0.3) is 0 Å². The van der Waals surface area contributed by atoms with Gasteiger partial charge in [-0.25, -0.2) is 0 Å². The highest BCUT2D eigenvalue weighted by Gasteiger charge is 2.52. The molecule has 3 aromatic rings. The van der Waals surface area contributed by atoms with Gasteiger partial charge in [0.1, 0.15) is 5.78 Å². The molecule has 2 N–H and O–H groups in total. The van der Waals surface area contributed by atoms with E-state index in [1.165, 1.54) is 12.1 Å². The third-order valence-corrected chi connectivity index (χ3v) is 8.02. The largest absolute Gasteiger partial charge is 0.586 e. The van der Waals surface area contributed by atoms with E-state index in [1.807, 2.05) is 51.1 Å². The molecule has 2 aliphatic rings. The van der Waals surface area contributed by atoms with E-state index >= 15 is 0 Å². The van der Waals surface area contributed by atoms with Crippen molar-refractivity contribution in [1.82, 2.24) is 4.98 Å². The highest BCUT2D eigenvalue weighted by molar-refractivity contribution is 7.85. The van der Waals surface area contributed by atoms with Crippen molar-refractivity contribution in [3.8, 4) is 22.8 Å². The van der Waals surface area contributed by atoms with Gasteiger partial charge < -0.3 is 14.9 Å². The molecule has 36 heavy (non-hydrogen) atoms. The molecule has 0 spiro atoms. The van der Waals surface area contributed by atoms with Crippen LogP contribution in [-0.4, -0.2) is 32.5 Å². The van der Waals surface area contributed by atoms with Crippen molar-refractivity contribution in [1.29, 1.82) is 0 Å². The molecular formula is C27H27F2NO5S. The van der Waals surface area contributed by atoms with Crippen molar-refractivity contribution in [3.63, 3.8) is 0 Å². The summed E-state index contributed by atoms with van der Waals surface area (Å²) in [6.07, 6.45) is -2.26. The summed E-state index contributed by atoms with van der Waals surface area (Å²) in [6, 6.07) is 14.1. The average Bonchev–Trinajstić information content (AvgIpc) is 3.57. The second-order valence-corrected chi connectivity index (χ2v) is 10.8. The third kappa shape index (κ3) is 4.65. The number of carbonyl (C=O) groups excluding carboxylic acids is 1. The van der Waals surface area contributed by atoms with E-state index in [4.69, 9.17) is 4.98 Å². The Morgan fingerprint density at radius 2 is 1.72 bits per heavy atom. The topological polar surface area (TPSA) is 97.0 Å². The molecule has 0 saturated heterocycles. The molecule has 1 saturated carbocycles. The van der Waals surface area contributed by atoms with Crippen molar-refractivity contribution in [2.75, 3.05) is 5.75 Å². The first-order valence-corrected chi connectivity index (χ1v) is 12.8. The molecular weight excluding hydrogens is 488 g/mol. The third-order valence-electron chi connectivity index (χ3n) is 6.71. The lowest BCUT2D eigenvalue weighted by Crippen LogP contribution is -2.26. The molecule has 0 radical (unpaired) electrons. The van der Waals surface area contributed by atoms with Crippen LogP contribution in [0.3, 0.4) is 0 Å². The number of Topliss-reactive ketones (excluding diaryl/α,β-unsaturated/α-hetero) is 1. The summed E-state index contributed by atoms with van der Waals surface area (Å²) in [5, 5.41) is 0. The van der Waals surface area contributed by atoms with E-state index in [2.05, 4.69) is 9.47 Å². The van der Waals surface area contributed by atoms with Gasteiger partial charge in [-0.15, -0.1) is 8.78 Å². The molecule has 2 heterocycles. The van der Waals surface area contributed by atoms with Crippen LogP contribution in [0.5, 0.6) is 11.5 Å². The molecule has 9 heteroatoms. The van der Waals surface area contributed by atoms with E-state index in [1.54, 1.807) is 6.07 Å². The minimum Gasteiger partial charge on any atom is -0.412 e. The Labute approximate surface area is 210 Å². The number of hydrogen-bond acceptors (Lipinski definition) is 5. The lowest BCUT2D eigenvalue weighted by atomic mass is 9.88. The van der Waals surface area contributed by atoms with Gasteiger partial charge in [-0.2, -0.15) is 0 Å². The second kappa shape index (κ2) is 9.37. The van der Waals surface area contributed by atoms with Gasteiger partial charge in [-0.05, 0) is 73.7 Å². The number of fused-ring (bicyclic) bond motifs is 1. The lowest BCUT2D eigenvalue weighted by Gasteiger charge is -2.16. The molecule has 1 unspecified atom stereocenters. The monoisotopic (exact) mass is 515 g/mol. The Morgan fingerprint density at radius 3 is 2.39 bits per heavy atom. The molecule has 1 fully saturated rings. The molecule has 190 valence electrons. The van der Waals surface area contributed by atoms with Gasteiger partial charge >= 0.3 is 6.29 Å². The van der Waals surface area contributed by atoms with Crippen LogP contribution >= 0.6 is 0 Å².